The van der Waals surface area contributed by atoms with Crippen molar-refractivity contribution in [2.24, 2.45) is 11.8 Å². The number of ether oxygens (including phenoxy) is 1. The van der Waals surface area contributed by atoms with Crippen molar-refractivity contribution in [3.05, 3.63) is 48.2 Å². The number of nitrogens with zero attached hydrogens (tertiary/aromatic N) is 4. The molecule has 0 saturated carbocycles. The van der Waals surface area contributed by atoms with E-state index in [0.717, 1.165) is 38.0 Å². The van der Waals surface area contributed by atoms with E-state index in [1.807, 2.05) is 30.0 Å². The summed E-state index contributed by atoms with van der Waals surface area (Å²) in [7, 11) is 0. The van der Waals surface area contributed by atoms with Crippen LogP contribution in [0.4, 0.5) is 11.5 Å². The number of likely N-dealkylation sites (tertiary alicyclic amines) is 1. The summed E-state index contributed by atoms with van der Waals surface area (Å²) in [5.41, 5.74) is 2.05. The van der Waals surface area contributed by atoms with Gasteiger partial charge in [-0.05, 0) is 61.9 Å². The molecule has 1 aromatic heterocycles. The quantitative estimate of drug-likeness (QED) is 0.681. The van der Waals surface area contributed by atoms with Crippen LogP contribution in [0.1, 0.15) is 25.3 Å². The molecule has 0 bridgehead atoms. The van der Waals surface area contributed by atoms with Gasteiger partial charge in [-0.25, -0.2) is 0 Å². The molecule has 0 radical (unpaired) electrons. The molecule has 1 N–H and O–H groups in total. The van der Waals surface area contributed by atoms with E-state index < -0.39 is 0 Å². The van der Waals surface area contributed by atoms with E-state index in [1.165, 1.54) is 5.56 Å². The van der Waals surface area contributed by atoms with Crippen LogP contribution in [0, 0.1) is 11.8 Å². The fourth-order valence-corrected chi connectivity index (χ4v) is 4.21. The van der Waals surface area contributed by atoms with Crippen LogP contribution >= 0.6 is 0 Å². The van der Waals surface area contributed by atoms with E-state index >= 15 is 0 Å². The Balaban J connectivity index is 1.38. The number of aromatic nitrogens is 2. The molecule has 2 saturated heterocycles. The summed E-state index contributed by atoms with van der Waals surface area (Å²) < 4.78 is 5.24. The highest BCUT2D eigenvalue weighted by molar-refractivity contribution is 6.01. The number of amides is 2. The number of hydrogen-bond donors (Lipinski definition) is 1. The van der Waals surface area contributed by atoms with Crippen molar-refractivity contribution >= 4 is 23.3 Å². The van der Waals surface area contributed by atoms with Gasteiger partial charge < -0.3 is 15.0 Å². The van der Waals surface area contributed by atoms with Crippen LogP contribution < -0.4 is 10.2 Å². The molecule has 2 amide bonds. The Morgan fingerprint density at radius 2 is 1.91 bits per heavy atom. The molecule has 0 atom stereocenters. The second-order valence-electron chi connectivity index (χ2n) is 8.44. The fourth-order valence-electron chi connectivity index (χ4n) is 4.21. The normalized spacial score (nSPS) is 17.1. The van der Waals surface area contributed by atoms with Crippen LogP contribution in [0.15, 0.2) is 42.6 Å². The average molecular weight is 438 g/mol. The highest BCUT2D eigenvalue weighted by atomic mass is 16.5. The third kappa shape index (κ3) is 5.31. The fraction of sp³-hybridized carbons (Fsp3) is 0.500. The molecule has 4 rings (SSSR count). The van der Waals surface area contributed by atoms with Gasteiger partial charge in [0.2, 0.25) is 11.8 Å². The Kier molecular flexibility index (Phi) is 7.44. The van der Waals surface area contributed by atoms with Gasteiger partial charge in [-0.3, -0.25) is 14.5 Å². The number of piperidine rings is 1. The zero-order chi connectivity index (χ0) is 22.3. The number of nitrogens with one attached hydrogen (secondary N) is 1. The molecule has 3 heterocycles. The van der Waals surface area contributed by atoms with E-state index in [0.29, 0.717) is 31.4 Å². The average Bonchev–Trinajstić information content (AvgIpc) is 2.79. The number of carbonyl (C=O) groups excluding carboxylic acids is 2. The molecule has 8 heteroatoms. The summed E-state index contributed by atoms with van der Waals surface area (Å²) >= 11 is 0. The smallest absolute Gasteiger partial charge is 0.248 e. The number of carbonyl (C=O) groups is 2. The van der Waals surface area contributed by atoms with Gasteiger partial charge in [0.1, 0.15) is 6.61 Å². The lowest BCUT2D eigenvalue weighted by Gasteiger charge is -2.32. The van der Waals surface area contributed by atoms with Crippen LogP contribution in [-0.4, -0.2) is 66.3 Å². The maximum atomic E-state index is 13.1. The predicted molar refractivity (Wildman–Crippen MR) is 121 cm³/mol. The number of anilines is 2. The van der Waals surface area contributed by atoms with Gasteiger partial charge in [-0.2, -0.15) is 5.10 Å². The van der Waals surface area contributed by atoms with E-state index in [-0.39, 0.29) is 24.3 Å². The van der Waals surface area contributed by atoms with Gasteiger partial charge in [-0.15, -0.1) is 5.10 Å². The van der Waals surface area contributed by atoms with Crippen molar-refractivity contribution in [2.45, 2.75) is 26.2 Å². The molecule has 2 fully saturated rings. The molecule has 2 aliphatic heterocycles. The standard InChI is InChI=1S/C24H31N5O3/c1-2-32-17-23(30)28-12-9-19(10-13-28)14-18-5-7-21(8-6-18)29(22-4-3-11-26-27-22)24(31)20-15-25-16-20/h3-8,11,19-20,25H,2,9-10,12-17H2,1H3. The van der Waals surface area contributed by atoms with Crippen molar-refractivity contribution in [2.75, 3.05) is 44.3 Å². The van der Waals surface area contributed by atoms with Crippen molar-refractivity contribution in [1.82, 2.24) is 20.4 Å². The number of rotatable bonds is 8. The summed E-state index contributed by atoms with van der Waals surface area (Å²) in [5, 5.41) is 11.3. The van der Waals surface area contributed by atoms with E-state index in [1.54, 1.807) is 17.2 Å². The molecule has 0 aliphatic carbocycles. The minimum absolute atomic E-state index is 0.0349. The summed E-state index contributed by atoms with van der Waals surface area (Å²) in [6, 6.07) is 11.8. The van der Waals surface area contributed by atoms with Gasteiger partial charge >= 0.3 is 0 Å². The molecule has 170 valence electrons. The Morgan fingerprint density at radius 3 is 2.50 bits per heavy atom. The lowest BCUT2D eigenvalue weighted by molar-refractivity contribution is -0.137. The lowest BCUT2D eigenvalue weighted by atomic mass is 9.90. The molecule has 2 aliphatic rings. The summed E-state index contributed by atoms with van der Waals surface area (Å²) in [4.78, 5) is 28.8. The molecule has 0 unspecified atom stereocenters. The molecule has 0 spiro atoms. The van der Waals surface area contributed by atoms with Crippen LogP contribution in [0.25, 0.3) is 0 Å². The first-order valence-corrected chi connectivity index (χ1v) is 11.4. The minimum Gasteiger partial charge on any atom is -0.372 e. The monoisotopic (exact) mass is 437 g/mol. The SMILES string of the molecule is CCOCC(=O)N1CCC(Cc2ccc(N(C(=O)C3CNC3)c3cccnn3)cc2)CC1. The molecular weight excluding hydrogens is 406 g/mol. The number of benzene rings is 1. The Bertz CT molecular complexity index is 894. The van der Waals surface area contributed by atoms with Gasteiger partial charge in [0.25, 0.3) is 0 Å². The van der Waals surface area contributed by atoms with Crippen molar-refractivity contribution in [1.29, 1.82) is 0 Å². The van der Waals surface area contributed by atoms with Crippen LogP contribution in [-0.2, 0) is 20.7 Å². The Labute approximate surface area is 188 Å². The second-order valence-corrected chi connectivity index (χ2v) is 8.44. The molecule has 32 heavy (non-hydrogen) atoms. The van der Waals surface area contributed by atoms with Crippen molar-refractivity contribution in [3.63, 3.8) is 0 Å². The minimum atomic E-state index is -0.0349. The maximum absolute atomic E-state index is 13.1. The maximum Gasteiger partial charge on any atom is 0.248 e. The largest absolute Gasteiger partial charge is 0.372 e. The highest BCUT2D eigenvalue weighted by Crippen LogP contribution is 2.28. The van der Waals surface area contributed by atoms with Crippen LogP contribution in [0.2, 0.25) is 0 Å². The van der Waals surface area contributed by atoms with Gasteiger partial charge in [0, 0.05) is 39.0 Å². The van der Waals surface area contributed by atoms with Crippen molar-refractivity contribution in [3.8, 4) is 0 Å². The molecule has 2 aromatic rings. The first-order valence-electron chi connectivity index (χ1n) is 11.4. The third-order valence-corrected chi connectivity index (χ3v) is 6.25. The van der Waals surface area contributed by atoms with Crippen LogP contribution in [0.5, 0.6) is 0 Å². The second kappa shape index (κ2) is 10.7. The summed E-state index contributed by atoms with van der Waals surface area (Å²) in [6.07, 6.45) is 4.58. The van der Waals surface area contributed by atoms with Gasteiger partial charge in [0.05, 0.1) is 11.6 Å². The van der Waals surface area contributed by atoms with E-state index in [9.17, 15) is 9.59 Å². The van der Waals surface area contributed by atoms with E-state index in [2.05, 4.69) is 27.6 Å². The zero-order valence-electron chi connectivity index (χ0n) is 18.6. The van der Waals surface area contributed by atoms with Gasteiger partial charge in [-0.1, -0.05) is 12.1 Å². The van der Waals surface area contributed by atoms with Crippen molar-refractivity contribution < 1.29 is 14.3 Å². The Hall–Kier alpha value is -2.84. The Morgan fingerprint density at radius 1 is 1.16 bits per heavy atom. The van der Waals surface area contributed by atoms with E-state index in [4.69, 9.17) is 4.74 Å². The summed E-state index contributed by atoms with van der Waals surface area (Å²) in [6.45, 7) is 5.62. The first kappa shape index (κ1) is 22.4. The first-order chi connectivity index (χ1) is 15.7. The molecule has 8 nitrogen and oxygen atoms in total. The van der Waals surface area contributed by atoms with Gasteiger partial charge in [0.15, 0.2) is 5.82 Å². The molecular formula is C24H31N5O3. The predicted octanol–water partition coefficient (Wildman–Crippen LogP) is 2.18. The lowest BCUT2D eigenvalue weighted by Crippen LogP contribution is -2.51. The zero-order valence-corrected chi connectivity index (χ0v) is 18.6. The topological polar surface area (TPSA) is 87.7 Å². The summed E-state index contributed by atoms with van der Waals surface area (Å²) in [5.74, 6) is 1.19. The molecule has 1 aromatic carbocycles. The number of hydrogen-bond acceptors (Lipinski definition) is 6. The highest BCUT2D eigenvalue weighted by Gasteiger charge is 2.32. The third-order valence-electron chi connectivity index (χ3n) is 6.25. The van der Waals surface area contributed by atoms with Crippen LogP contribution in [0.3, 0.4) is 0 Å².